The summed E-state index contributed by atoms with van der Waals surface area (Å²) in [5, 5.41) is 7.29. The number of nitrogens with one attached hydrogen (secondary N) is 1. The molecule has 1 aliphatic rings. The maximum absolute atomic E-state index is 11.9. The monoisotopic (exact) mass is 223 g/mol. The van der Waals surface area contributed by atoms with Gasteiger partial charge in [0.15, 0.2) is 0 Å². The van der Waals surface area contributed by atoms with Crippen LogP contribution < -0.4 is 5.32 Å². The van der Waals surface area contributed by atoms with E-state index in [2.05, 4.69) is 22.3 Å². The van der Waals surface area contributed by atoms with Crippen molar-refractivity contribution in [2.24, 2.45) is 0 Å². The predicted molar refractivity (Wildman–Crippen MR) is 58.7 cm³/mol. The molecule has 1 atom stereocenters. The van der Waals surface area contributed by atoms with Crippen LogP contribution in [0.3, 0.4) is 0 Å². The summed E-state index contributed by atoms with van der Waals surface area (Å²) >= 11 is 0. The second-order valence-corrected chi connectivity index (χ2v) is 4.10. The molecule has 0 unspecified atom stereocenters. The Kier molecular flexibility index (Phi) is 3.51. The van der Waals surface area contributed by atoms with E-state index in [4.69, 9.17) is 0 Å². The number of hydrogen-bond donors (Lipinski definition) is 1. The highest BCUT2D eigenvalue weighted by atomic mass is 16.2. The number of hydrogen-bond acceptors (Lipinski definition) is 4. The first kappa shape index (κ1) is 11.1. The number of piperazine rings is 1. The fourth-order valence-electron chi connectivity index (χ4n) is 1.88. The van der Waals surface area contributed by atoms with Crippen LogP contribution in [-0.2, 0) is 11.3 Å². The molecule has 0 saturated carbocycles. The Morgan fingerprint density at radius 3 is 3.19 bits per heavy atom. The molecule has 1 aliphatic heterocycles. The van der Waals surface area contributed by atoms with Crippen molar-refractivity contribution in [3.05, 3.63) is 12.7 Å². The van der Waals surface area contributed by atoms with Gasteiger partial charge in [-0.3, -0.25) is 9.48 Å². The molecule has 16 heavy (non-hydrogen) atoms. The van der Waals surface area contributed by atoms with E-state index in [0.29, 0.717) is 19.0 Å². The van der Waals surface area contributed by atoms with Crippen LogP contribution in [0.4, 0.5) is 0 Å². The normalized spacial score (nSPS) is 21.1. The Labute approximate surface area is 94.6 Å². The Balaban J connectivity index is 1.79. The molecule has 6 nitrogen and oxygen atoms in total. The largest absolute Gasteiger partial charge is 0.340 e. The molecule has 88 valence electrons. The number of carbonyl (C=O) groups is 1. The second-order valence-electron chi connectivity index (χ2n) is 4.10. The van der Waals surface area contributed by atoms with Crippen molar-refractivity contribution in [1.82, 2.24) is 25.0 Å². The van der Waals surface area contributed by atoms with Crippen LogP contribution in [0.15, 0.2) is 12.7 Å². The zero-order chi connectivity index (χ0) is 11.4. The number of nitrogens with zero attached hydrogens (tertiary/aromatic N) is 4. The fraction of sp³-hybridized carbons (Fsp3) is 0.700. The SMILES string of the molecule is C[C@H]1CN(C(=O)CCn2cncn2)CCN1. The molecule has 1 aromatic rings. The summed E-state index contributed by atoms with van der Waals surface area (Å²) in [4.78, 5) is 17.6. The lowest BCUT2D eigenvalue weighted by Gasteiger charge is -2.31. The number of aryl methyl sites for hydroxylation is 1. The molecule has 0 spiro atoms. The second kappa shape index (κ2) is 5.07. The molecule has 0 aromatic carbocycles. The van der Waals surface area contributed by atoms with Crippen LogP contribution in [0.2, 0.25) is 0 Å². The van der Waals surface area contributed by atoms with Crippen molar-refractivity contribution < 1.29 is 4.79 Å². The van der Waals surface area contributed by atoms with E-state index in [1.54, 1.807) is 11.0 Å². The Morgan fingerprint density at radius 1 is 1.62 bits per heavy atom. The van der Waals surface area contributed by atoms with Gasteiger partial charge in [-0.05, 0) is 6.92 Å². The molecular formula is C10H17N5O. The summed E-state index contributed by atoms with van der Waals surface area (Å²) < 4.78 is 1.68. The number of aromatic nitrogens is 3. The maximum atomic E-state index is 11.9. The summed E-state index contributed by atoms with van der Waals surface area (Å²) in [6.07, 6.45) is 3.61. The maximum Gasteiger partial charge on any atom is 0.224 e. The van der Waals surface area contributed by atoms with Crippen molar-refractivity contribution in [3.63, 3.8) is 0 Å². The van der Waals surface area contributed by atoms with E-state index < -0.39 is 0 Å². The van der Waals surface area contributed by atoms with Crippen LogP contribution in [0.5, 0.6) is 0 Å². The van der Waals surface area contributed by atoms with Crippen molar-refractivity contribution >= 4 is 5.91 Å². The van der Waals surface area contributed by atoms with Gasteiger partial charge in [0.1, 0.15) is 12.7 Å². The van der Waals surface area contributed by atoms with E-state index >= 15 is 0 Å². The number of rotatable bonds is 3. The van der Waals surface area contributed by atoms with Gasteiger partial charge in [-0.25, -0.2) is 4.98 Å². The smallest absolute Gasteiger partial charge is 0.224 e. The van der Waals surface area contributed by atoms with Crippen LogP contribution in [-0.4, -0.2) is 51.2 Å². The van der Waals surface area contributed by atoms with E-state index in [1.165, 1.54) is 6.33 Å². The minimum Gasteiger partial charge on any atom is -0.340 e. The highest BCUT2D eigenvalue weighted by Gasteiger charge is 2.19. The lowest BCUT2D eigenvalue weighted by molar-refractivity contribution is -0.132. The zero-order valence-corrected chi connectivity index (χ0v) is 9.46. The summed E-state index contributed by atoms with van der Waals surface area (Å²) in [7, 11) is 0. The Morgan fingerprint density at radius 2 is 2.50 bits per heavy atom. The first-order valence-electron chi connectivity index (χ1n) is 5.59. The van der Waals surface area contributed by atoms with Gasteiger partial charge in [0, 0.05) is 32.1 Å². The quantitative estimate of drug-likeness (QED) is 0.749. The Bertz CT molecular complexity index is 337. The molecule has 1 saturated heterocycles. The zero-order valence-electron chi connectivity index (χ0n) is 9.46. The summed E-state index contributed by atoms with van der Waals surface area (Å²) in [5.41, 5.74) is 0. The average Bonchev–Trinajstić information content (AvgIpc) is 2.78. The van der Waals surface area contributed by atoms with Crippen molar-refractivity contribution in [3.8, 4) is 0 Å². The third-order valence-corrected chi connectivity index (χ3v) is 2.74. The summed E-state index contributed by atoms with van der Waals surface area (Å²) in [6.45, 7) is 5.20. The molecule has 0 radical (unpaired) electrons. The van der Waals surface area contributed by atoms with Gasteiger partial charge in [0.05, 0.1) is 6.54 Å². The van der Waals surface area contributed by atoms with Gasteiger partial charge in [-0.2, -0.15) is 5.10 Å². The number of amides is 1. The molecule has 0 aliphatic carbocycles. The summed E-state index contributed by atoms with van der Waals surface area (Å²) in [6, 6.07) is 0.393. The Hall–Kier alpha value is -1.43. The minimum absolute atomic E-state index is 0.198. The highest BCUT2D eigenvalue weighted by Crippen LogP contribution is 2.02. The average molecular weight is 223 g/mol. The van der Waals surface area contributed by atoms with Crippen molar-refractivity contribution in [2.75, 3.05) is 19.6 Å². The van der Waals surface area contributed by atoms with Gasteiger partial charge < -0.3 is 10.2 Å². The molecule has 1 N–H and O–H groups in total. The first-order chi connectivity index (χ1) is 7.75. The van der Waals surface area contributed by atoms with Crippen LogP contribution in [0.25, 0.3) is 0 Å². The van der Waals surface area contributed by atoms with Crippen LogP contribution >= 0.6 is 0 Å². The van der Waals surface area contributed by atoms with E-state index in [-0.39, 0.29) is 5.91 Å². The lowest BCUT2D eigenvalue weighted by Crippen LogP contribution is -2.51. The predicted octanol–water partition coefficient (Wildman–Crippen LogP) is -0.511. The molecule has 1 aromatic heterocycles. The minimum atomic E-state index is 0.198. The molecule has 2 heterocycles. The third-order valence-electron chi connectivity index (χ3n) is 2.74. The van der Waals surface area contributed by atoms with Gasteiger partial charge in [0.2, 0.25) is 5.91 Å². The molecular weight excluding hydrogens is 206 g/mol. The standard InChI is InChI=1S/C10H17N5O/c1-9-6-14(5-3-12-9)10(16)2-4-15-8-11-7-13-15/h7-9,12H,2-6H2,1H3/t9-/m0/s1. The van der Waals surface area contributed by atoms with E-state index in [1.807, 2.05) is 4.90 Å². The van der Waals surface area contributed by atoms with Gasteiger partial charge in [-0.1, -0.05) is 0 Å². The van der Waals surface area contributed by atoms with Crippen LogP contribution in [0.1, 0.15) is 13.3 Å². The molecule has 0 bridgehead atoms. The van der Waals surface area contributed by atoms with Gasteiger partial charge >= 0.3 is 0 Å². The van der Waals surface area contributed by atoms with Crippen molar-refractivity contribution in [2.45, 2.75) is 25.9 Å². The molecule has 1 fully saturated rings. The number of carbonyl (C=O) groups excluding carboxylic acids is 1. The van der Waals surface area contributed by atoms with Gasteiger partial charge in [0.25, 0.3) is 0 Å². The van der Waals surface area contributed by atoms with E-state index in [9.17, 15) is 4.79 Å². The lowest BCUT2D eigenvalue weighted by atomic mass is 10.2. The van der Waals surface area contributed by atoms with E-state index in [0.717, 1.165) is 19.6 Å². The first-order valence-corrected chi connectivity index (χ1v) is 5.59. The third kappa shape index (κ3) is 2.79. The topological polar surface area (TPSA) is 63.1 Å². The molecule has 2 rings (SSSR count). The fourth-order valence-corrected chi connectivity index (χ4v) is 1.88. The van der Waals surface area contributed by atoms with Crippen molar-refractivity contribution in [1.29, 1.82) is 0 Å². The summed E-state index contributed by atoms with van der Waals surface area (Å²) in [5.74, 6) is 0.198. The molecule has 1 amide bonds. The highest BCUT2D eigenvalue weighted by molar-refractivity contribution is 5.76. The van der Waals surface area contributed by atoms with Crippen LogP contribution in [0, 0.1) is 0 Å². The molecule has 6 heteroatoms. The van der Waals surface area contributed by atoms with Gasteiger partial charge in [-0.15, -0.1) is 0 Å².